The molecule has 0 atom stereocenters. The van der Waals surface area contributed by atoms with Crippen molar-refractivity contribution in [1.82, 2.24) is 9.88 Å². The molecule has 1 amide bonds. The highest BCUT2D eigenvalue weighted by Gasteiger charge is 2.32. The number of rotatable bonds is 5. The van der Waals surface area contributed by atoms with Crippen LogP contribution < -0.4 is 4.90 Å². The summed E-state index contributed by atoms with van der Waals surface area (Å²) in [5.41, 5.74) is -0.890. The standard InChI is InChI=1S/C19H18ClF4N3OS/c20-16-11-13(19(22,23)24)12-25-18(16)27-8-6-26(7-9-27)17(28)5-10-29-15-3-1-14(21)2-4-15/h1-4,11-12H,5-10H2. The SMILES string of the molecule is O=C(CCSc1ccc(F)cc1)N1CCN(c2ncc(C(F)(F)F)cc2Cl)CC1. The third-order valence-electron chi connectivity index (χ3n) is 4.48. The highest BCUT2D eigenvalue weighted by molar-refractivity contribution is 7.99. The van der Waals surface area contributed by atoms with Crippen LogP contribution in [0.1, 0.15) is 12.0 Å². The molecule has 1 fully saturated rings. The molecule has 0 N–H and O–H groups in total. The first kappa shape index (κ1) is 21.7. The highest BCUT2D eigenvalue weighted by atomic mass is 35.5. The zero-order valence-electron chi connectivity index (χ0n) is 15.3. The summed E-state index contributed by atoms with van der Waals surface area (Å²) in [4.78, 5) is 20.6. The topological polar surface area (TPSA) is 36.4 Å². The van der Waals surface area contributed by atoms with E-state index in [9.17, 15) is 22.4 Å². The van der Waals surface area contributed by atoms with E-state index in [1.54, 1.807) is 21.9 Å². The molecule has 3 rings (SSSR count). The average molecular weight is 448 g/mol. The van der Waals surface area contributed by atoms with Gasteiger partial charge in [0.05, 0.1) is 10.6 Å². The summed E-state index contributed by atoms with van der Waals surface area (Å²) in [7, 11) is 0. The van der Waals surface area contributed by atoms with E-state index >= 15 is 0 Å². The van der Waals surface area contributed by atoms with Gasteiger partial charge in [-0.15, -0.1) is 11.8 Å². The Bertz CT molecular complexity index is 856. The molecule has 1 aromatic carbocycles. The van der Waals surface area contributed by atoms with E-state index in [4.69, 9.17) is 11.6 Å². The molecule has 0 saturated carbocycles. The van der Waals surface area contributed by atoms with E-state index < -0.39 is 11.7 Å². The lowest BCUT2D eigenvalue weighted by Crippen LogP contribution is -2.49. The minimum Gasteiger partial charge on any atom is -0.352 e. The van der Waals surface area contributed by atoms with Crippen molar-refractivity contribution in [2.45, 2.75) is 17.5 Å². The number of alkyl halides is 3. The minimum atomic E-state index is -4.49. The lowest BCUT2D eigenvalue weighted by molar-refractivity contribution is -0.137. The molecule has 0 radical (unpaired) electrons. The molecule has 4 nitrogen and oxygen atoms in total. The van der Waals surface area contributed by atoms with Crippen LogP contribution in [-0.4, -0.2) is 47.7 Å². The molecule has 10 heteroatoms. The Morgan fingerprint density at radius 3 is 2.38 bits per heavy atom. The second-order valence-corrected chi connectivity index (χ2v) is 8.02. The Labute approximate surface area is 174 Å². The fourth-order valence-corrected chi connectivity index (χ4v) is 4.06. The van der Waals surface area contributed by atoms with Gasteiger partial charge in [0, 0.05) is 49.4 Å². The summed E-state index contributed by atoms with van der Waals surface area (Å²) in [5, 5.41) is -0.0599. The van der Waals surface area contributed by atoms with Gasteiger partial charge in [0.15, 0.2) is 0 Å². The smallest absolute Gasteiger partial charge is 0.352 e. The third-order valence-corrected chi connectivity index (χ3v) is 5.77. The van der Waals surface area contributed by atoms with Crippen molar-refractivity contribution in [2.75, 3.05) is 36.8 Å². The van der Waals surface area contributed by atoms with Gasteiger partial charge in [0.2, 0.25) is 5.91 Å². The molecule has 1 aromatic heterocycles. The molecule has 1 aliphatic rings. The molecule has 2 heterocycles. The van der Waals surface area contributed by atoms with Crippen LogP contribution in [0.2, 0.25) is 5.02 Å². The molecular weight excluding hydrogens is 430 g/mol. The van der Waals surface area contributed by atoms with Gasteiger partial charge in [-0.3, -0.25) is 4.79 Å². The number of carbonyl (C=O) groups excluding carboxylic acids is 1. The van der Waals surface area contributed by atoms with E-state index in [-0.39, 0.29) is 16.7 Å². The number of halogens is 5. The number of benzene rings is 1. The van der Waals surface area contributed by atoms with Gasteiger partial charge in [-0.1, -0.05) is 11.6 Å². The van der Waals surface area contributed by atoms with Crippen LogP contribution >= 0.6 is 23.4 Å². The molecule has 1 saturated heterocycles. The number of hydrogen-bond acceptors (Lipinski definition) is 4. The van der Waals surface area contributed by atoms with E-state index in [0.717, 1.165) is 17.2 Å². The average Bonchev–Trinajstić information content (AvgIpc) is 2.69. The van der Waals surface area contributed by atoms with Crippen molar-refractivity contribution in [2.24, 2.45) is 0 Å². The number of nitrogens with zero attached hydrogens (tertiary/aromatic N) is 3. The molecule has 1 aliphatic heterocycles. The number of carbonyl (C=O) groups is 1. The number of aromatic nitrogens is 1. The van der Waals surface area contributed by atoms with Crippen LogP contribution in [0.4, 0.5) is 23.4 Å². The molecule has 29 heavy (non-hydrogen) atoms. The Morgan fingerprint density at radius 2 is 1.79 bits per heavy atom. The second kappa shape index (κ2) is 9.21. The number of piperazine rings is 1. The van der Waals surface area contributed by atoms with E-state index in [0.29, 0.717) is 44.2 Å². The lowest BCUT2D eigenvalue weighted by atomic mass is 10.2. The van der Waals surface area contributed by atoms with Crippen molar-refractivity contribution in [3.63, 3.8) is 0 Å². The van der Waals surface area contributed by atoms with Gasteiger partial charge in [-0.05, 0) is 30.3 Å². The maximum Gasteiger partial charge on any atom is 0.417 e. The van der Waals surface area contributed by atoms with E-state index in [1.807, 2.05) is 0 Å². The van der Waals surface area contributed by atoms with Crippen molar-refractivity contribution >= 4 is 35.1 Å². The number of thioether (sulfide) groups is 1. The third kappa shape index (κ3) is 5.76. The van der Waals surface area contributed by atoms with Crippen LogP contribution in [0.3, 0.4) is 0 Å². The molecule has 156 valence electrons. The van der Waals surface area contributed by atoms with Gasteiger partial charge in [-0.2, -0.15) is 13.2 Å². The monoisotopic (exact) mass is 447 g/mol. The second-order valence-electron chi connectivity index (χ2n) is 6.45. The quantitative estimate of drug-likeness (QED) is 0.490. The molecule has 0 bridgehead atoms. The van der Waals surface area contributed by atoms with E-state index in [2.05, 4.69) is 4.98 Å². The van der Waals surface area contributed by atoms with Crippen LogP contribution in [0.15, 0.2) is 41.4 Å². The van der Waals surface area contributed by atoms with Gasteiger partial charge in [0.1, 0.15) is 11.6 Å². The summed E-state index contributed by atoms with van der Waals surface area (Å²) in [6, 6.07) is 6.97. The highest BCUT2D eigenvalue weighted by Crippen LogP contribution is 2.33. The number of hydrogen-bond donors (Lipinski definition) is 0. The maximum absolute atomic E-state index is 12.9. The number of amides is 1. The fraction of sp³-hybridized carbons (Fsp3) is 0.368. The Morgan fingerprint density at radius 1 is 1.14 bits per heavy atom. The normalized spacial score (nSPS) is 14.9. The number of pyridine rings is 1. The largest absolute Gasteiger partial charge is 0.417 e. The van der Waals surface area contributed by atoms with Gasteiger partial charge in [-0.25, -0.2) is 9.37 Å². The first-order chi connectivity index (χ1) is 13.7. The van der Waals surface area contributed by atoms with Crippen molar-refractivity contribution in [3.8, 4) is 0 Å². The summed E-state index contributed by atoms with van der Waals surface area (Å²) < 4.78 is 51.1. The zero-order valence-corrected chi connectivity index (χ0v) is 16.8. The molecule has 0 spiro atoms. The molecule has 0 aliphatic carbocycles. The summed E-state index contributed by atoms with van der Waals surface area (Å²) in [6.45, 7) is 1.77. The van der Waals surface area contributed by atoms with Crippen LogP contribution in [0, 0.1) is 5.82 Å². The van der Waals surface area contributed by atoms with Crippen LogP contribution in [0.25, 0.3) is 0 Å². The maximum atomic E-state index is 12.9. The first-order valence-corrected chi connectivity index (χ1v) is 10.2. The van der Waals surface area contributed by atoms with Crippen LogP contribution in [0.5, 0.6) is 0 Å². The first-order valence-electron chi connectivity index (χ1n) is 8.88. The zero-order chi connectivity index (χ0) is 21.0. The Hall–Kier alpha value is -2.00. The van der Waals surface area contributed by atoms with Crippen LogP contribution in [-0.2, 0) is 11.0 Å². The molecule has 0 unspecified atom stereocenters. The summed E-state index contributed by atoms with van der Waals surface area (Å²) in [5.74, 6) is 0.576. The van der Waals surface area contributed by atoms with Gasteiger partial charge in [0.25, 0.3) is 0 Å². The summed E-state index contributed by atoms with van der Waals surface area (Å²) in [6.07, 6.45) is -3.38. The van der Waals surface area contributed by atoms with Gasteiger partial charge >= 0.3 is 6.18 Å². The van der Waals surface area contributed by atoms with Crippen molar-refractivity contribution < 1.29 is 22.4 Å². The van der Waals surface area contributed by atoms with E-state index in [1.165, 1.54) is 23.9 Å². The minimum absolute atomic E-state index is 0.00531. The lowest BCUT2D eigenvalue weighted by Gasteiger charge is -2.35. The van der Waals surface area contributed by atoms with Crippen molar-refractivity contribution in [1.29, 1.82) is 0 Å². The molecular formula is C19H18ClF4N3OS. The Balaban J connectivity index is 1.48. The van der Waals surface area contributed by atoms with Gasteiger partial charge < -0.3 is 9.80 Å². The number of anilines is 1. The Kier molecular flexibility index (Phi) is 6.89. The molecule has 2 aromatic rings. The van der Waals surface area contributed by atoms with Crippen molar-refractivity contribution in [3.05, 3.63) is 52.9 Å². The predicted octanol–water partition coefficient (Wildman–Crippen LogP) is 4.72. The predicted molar refractivity (Wildman–Crippen MR) is 105 cm³/mol. The fourth-order valence-electron chi connectivity index (χ4n) is 2.93. The summed E-state index contributed by atoms with van der Waals surface area (Å²) >= 11 is 7.47.